The predicted molar refractivity (Wildman–Crippen MR) is 114 cm³/mol. The Morgan fingerprint density at radius 2 is 1.79 bits per heavy atom. The lowest BCUT2D eigenvalue weighted by molar-refractivity contribution is -0.137. The molecule has 3 amide bonds. The molecule has 11 heteroatoms. The quantitative estimate of drug-likeness (QED) is 0.564. The number of pyridine rings is 1. The molecule has 0 aliphatic carbocycles. The number of nitrogens with two attached hydrogens (primary N) is 1. The number of hydrogen-bond donors (Lipinski definition) is 2. The number of methoxy groups -OCH3 is 1. The van der Waals surface area contributed by atoms with Crippen molar-refractivity contribution in [3.63, 3.8) is 0 Å². The molecule has 0 unspecified atom stereocenters. The van der Waals surface area contributed by atoms with Crippen molar-refractivity contribution in [2.45, 2.75) is 6.18 Å². The van der Waals surface area contributed by atoms with Crippen LogP contribution < -0.4 is 25.4 Å². The smallest absolute Gasteiger partial charge is 0.416 e. The van der Waals surface area contributed by atoms with Gasteiger partial charge in [-0.1, -0.05) is 6.07 Å². The molecule has 0 atom stereocenters. The van der Waals surface area contributed by atoms with Crippen molar-refractivity contribution in [2.24, 2.45) is 5.73 Å². The summed E-state index contributed by atoms with van der Waals surface area (Å²) < 4.78 is 50.7. The number of halogens is 3. The Labute approximate surface area is 186 Å². The molecular formula is C22H19F3N4O4. The molecule has 33 heavy (non-hydrogen) atoms. The van der Waals surface area contributed by atoms with Gasteiger partial charge in [0.25, 0.3) is 5.91 Å². The maximum Gasteiger partial charge on any atom is 0.416 e. The van der Waals surface area contributed by atoms with Gasteiger partial charge in [-0.15, -0.1) is 0 Å². The summed E-state index contributed by atoms with van der Waals surface area (Å²) in [5, 5.41) is 2.45. The SMILES string of the molecule is CNC(=O)c1cc(Oc2cccc(N(C(N)=O)c3cc(C(F)(F)F)ccc3OC)c2)ccn1. The Bertz CT molecular complexity index is 1180. The van der Waals surface area contributed by atoms with Crippen molar-refractivity contribution in [3.05, 3.63) is 72.1 Å². The van der Waals surface area contributed by atoms with Gasteiger partial charge in [0, 0.05) is 25.4 Å². The summed E-state index contributed by atoms with van der Waals surface area (Å²) >= 11 is 0. The number of benzene rings is 2. The number of amides is 3. The first-order valence-electron chi connectivity index (χ1n) is 9.45. The molecular weight excluding hydrogens is 441 g/mol. The van der Waals surface area contributed by atoms with Gasteiger partial charge in [0.15, 0.2) is 0 Å². The number of anilines is 2. The summed E-state index contributed by atoms with van der Waals surface area (Å²) in [6.45, 7) is 0. The fourth-order valence-corrected chi connectivity index (χ4v) is 2.98. The van der Waals surface area contributed by atoms with Crippen LogP contribution in [0.5, 0.6) is 17.2 Å². The van der Waals surface area contributed by atoms with E-state index >= 15 is 0 Å². The zero-order valence-electron chi connectivity index (χ0n) is 17.5. The molecule has 3 aromatic rings. The summed E-state index contributed by atoms with van der Waals surface area (Å²) in [6, 6.07) is 10.6. The maximum absolute atomic E-state index is 13.3. The lowest BCUT2D eigenvalue weighted by Crippen LogP contribution is -2.32. The van der Waals surface area contributed by atoms with E-state index < -0.39 is 23.7 Å². The third kappa shape index (κ3) is 5.32. The average molecular weight is 460 g/mol. The van der Waals surface area contributed by atoms with Crippen molar-refractivity contribution >= 4 is 23.3 Å². The monoisotopic (exact) mass is 460 g/mol. The van der Waals surface area contributed by atoms with Crippen LogP contribution in [-0.2, 0) is 6.18 Å². The minimum Gasteiger partial charge on any atom is -0.495 e. The number of hydrogen-bond acceptors (Lipinski definition) is 5. The summed E-state index contributed by atoms with van der Waals surface area (Å²) in [5.74, 6) is 0.116. The number of nitrogens with one attached hydrogen (secondary N) is 1. The van der Waals surface area contributed by atoms with Crippen LogP contribution in [-0.4, -0.2) is 31.1 Å². The highest BCUT2D eigenvalue weighted by molar-refractivity contribution is 6.00. The predicted octanol–water partition coefficient (Wildman–Crippen LogP) is 4.48. The van der Waals surface area contributed by atoms with Crippen molar-refractivity contribution < 1.29 is 32.2 Å². The van der Waals surface area contributed by atoms with E-state index in [0.717, 1.165) is 23.1 Å². The van der Waals surface area contributed by atoms with E-state index in [1.54, 1.807) is 6.07 Å². The van der Waals surface area contributed by atoms with Crippen LogP contribution >= 0.6 is 0 Å². The molecule has 0 radical (unpaired) electrons. The first-order valence-corrected chi connectivity index (χ1v) is 9.45. The molecule has 1 aromatic heterocycles. The normalized spacial score (nSPS) is 10.9. The zero-order chi connectivity index (χ0) is 24.2. The number of primary amides is 1. The number of urea groups is 1. The van der Waals surface area contributed by atoms with Gasteiger partial charge in [-0.2, -0.15) is 13.2 Å². The average Bonchev–Trinajstić information content (AvgIpc) is 2.78. The molecule has 0 bridgehead atoms. The lowest BCUT2D eigenvalue weighted by Gasteiger charge is -2.24. The van der Waals surface area contributed by atoms with Crippen molar-refractivity contribution in [3.8, 4) is 17.2 Å². The zero-order valence-corrected chi connectivity index (χ0v) is 17.5. The highest BCUT2D eigenvalue weighted by Gasteiger charge is 2.32. The minimum absolute atomic E-state index is 0.0116. The minimum atomic E-state index is -4.64. The Balaban J connectivity index is 2.01. The molecule has 3 rings (SSSR count). The molecule has 0 saturated carbocycles. The summed E-state index contributed by atoms with van der Waals surface area (Å²) in [4.78, 5) is 28.9. The first-order chi connectivity index (χ1) is 15.6. The van der Waals surface area contributed by atoms with Gasteiger partial charge in [0.05, 0.1) is 24.0 Å². The lowest BCUT2D eigenvalue weighted by atomic mass is 10.1. The van der Waals surface area contributed by atoms with Crippen molar-refractivity contribution in [2.75, 3.05) is 19.1 Å². The van der Waals surface area contributed by atoms with E-state index in [9.17, 15) is 22.8 Å². The molecule has 172 valence electrons. The Hall–Kier alpha value is -4.28. The molecule has 0 aliphatic rings. The van der Waals surface area contributed by atoms with E-state index in [1.807, 2.05) is 0 Å². The Kier molecular flexibility index (Phi) is 6.71. The molecule has 3 N–H and O–H groups in total. The largest absolute Gasteiger partial charge is 0.495 e. The maximum atomic E-state index is 13.3. The molecule has 2 aromatic carbocycles. The molecule has 8 nitrogen and oxygen atoms in total. The van der Waals surface area contributed by atoms with Gasteiger partial charge < -0.3 is 20.5 Å². The van der Waals surface area contributed by atoms with Gasteiger partial charge in [0.1, 0.15) is 22.9 Å². The second-order valence-corrected chi connectivity index (χ2v) is 6.61. The van der Waals surface area contributed by atoms with Crippen LogP contribution in [0.25, 0.3) is 0 Å². The summed E-state index contributed by atoms with van der Waals surface area (Å²) in [7, 11) is 2.72. The second kappa shape index (κ2) is 9.47. The Morgan fingerprint density at radius 1 is 1.06 bits per heavy atom. The Morgan fingerprint density at radius 3 is 2.42 bits per heavy atom. The number of nitrogens with zero attached hydrogens (tertiary/aromatic N) is 2. The molecule has 0 fully saturated rings. The number of alkyl halides is 3. The van der Waals surface area contributed by atoms with Gasteiger partial charge in [0.2, 0.25) is 0 Å². The number of aromatic nitrogens is 1. The van der Waals surface area contributed by atoms with Crippen LogP contribution in [0.15, 0.2) is 60.8 Å². The van der Waals surface area contributed by atoms with E-state index in [-0.39, 0.29) is 34.3 Å². The van der Waals surface area contributed by atoms with E-state index in [2.05, 4.69) is 10.3 Å². The van der Waals surface area contributed by atoms with Crippen LogP contribution in [0.2, 0.25) is 0 Å². The third-order valence-electron chi connectivity index (χ3n) is 4.47. The number of rotatable bonds is 6. The second-order valence-electron chi connectivity index (χ2n) is 6.61. The fourth-order valence-electron chi connectivity index (χ4n) is 2.98. The van der Waals surface area contributed by atoms with Crippen LogP contribution in [0.3, 0.4) is 0 Å². The topological polar surface area (TPSA) is 107 Å². The van der Waals surface area contributed by atoms with Crippen molar-refractivity contribution in [1.29, 1.82) is 0 Å². The van der Waals surface area contributed by atoms with Gasteiger partial charge in [-0.3, -0.25) is 14.7 Å². The molecule has 0 saturated heterocycles. The van der Waals surface area contributed by atoms with Crippen LogP contribution in [0.1, 0.15) is 16.1 Å². The fraction of sp³-hybridized carbons (Fsp3) is 0.136. The van der Waals surface area contributed by atoms with Gasteiger partial charge >= 0.3 is 12.2 Å². The third-order valence-corrected chi connectivity index (χ3v) is 4.47. The van der Waals surface area contributed by atoms with E-state index in [1.165, 1.54) is 50.7 Å². The highest BCUT2D eigenvalue weighted by Crippen LogP contribution is 2.40. The van der Waals surface area contributed by atoms with Gasteiger partial charge in [-0.25, -0.2) is 4.79 Å². The first kappa shape index (κ1) is 23.4. The van der Waals surface area contributed by atoms with E-state index in [0.29, 0.717) is 0 Å². The molecule has 0 spiro atoms. The van der Waals surface area contributed by atoms with Gasteiger partial charge in [-0.05, 0) is 36.4 Å². The molecule has 0 aliphatic heterocycles. The number of ether oxygens (including phenoxy) is 2. The van der Waals surface area contributed by atoms with E-state index in [4.69, 9.17) is 15.2 Å². The van der Waals surface area contributed by atoms with Crippen LogP contribution in [0, 0.1) is 0 Å². The number of carbonyl (C=O) groups excluding carboxylic acids is 2. The summed E-state index contributed by atoms with van der Waals surface area (Å²) in [5.41, 5.74) is 4.60. The standard InChI is InChI=1S/C22H19F3N4O4/c1-27-20(30)17-12-16(8-9-28-17)33-15-5-3-4-14(11-15)29(21(26)31)18-10-13(22(23,24)25)6-7-19(18)32-2/h3-12H,1-2H3,(H2,26,31)(H,27,30). The highest BCUT2D eigenvalue weighted by atomic mass is 19.4. The number of carbonyl (C=O) groups is 2. The molecule has 1 heterocycles. The summed E-state index contributed by atoms with van der Waals surface area (Å²) in [6.07, 6.45) is -3.26. The van der Waals surface area contributed by atoms with Crippen molar-refractivity contribution in [1.82, 2.24) is 10.3 Å². The van der Waals surface area contributed by atoms with Crippen LogP contribution in [0.4, 0.5) is 29.3 Å².